The van der Waals surface area contributed by atoms with Gasteiger partial charge in [0, 0.05) is 24.6 Å². The normalized spacial score (nSPS) is 13.8. The third-order valence-electron chi connectivity index (χ3n) is 5.27. The van der Waals surface area contributed by atoms with Gasteiger partial charge in [0.2, 0.25) is 16.0 Å². The summed E-state index contributed by atoms with van der Waals surface area (Å²) < 4.78 is 40.4. The number of benzene rings is 1. The summed E-state index contributed by atoms with van der Waals surface area (Å²) in [7, 11) is -2.74. The molecule has 2 rings (SSSR count). The molecular weight excluding hydrogens is 528 g/mol. The number of carbonyl (C=O) groups is 1. The summed E-state index contributed by atoms with van der Waals surface area (Å²) in [5.41, 5.74) is 0.0982. The van der Waals surface area contributed by atoms with Gasteiger partial charge in [-0.2, -0.15) is 0 Å². The third-order valence-corrected chi connectivity index (χ3v) is 7.34. The molecule has 0 spiro atoms. The minimum atomic E-state index is -4.02. The second-order valence-electron chi connectivity index (χ2n) is 9.78. The van der Waals surface area contributed by atoms with E-state index in [0.29, 0.717) is 16.8 Å². The number of aliphatic hydroxyl groups excluding tert-OH is 2. The summed E-state index contributed by atoms with van der Waals surface area (Å²) >= 11 is 0. The molecule has 206 valence electrons. The summed E-state index contributed by atoms with van der Waals surface area (Å²) in [6.45, 7) is 6.40. The van der Waals surface area contributed by atoms with Gasteiger partial charge in [-0.25, -0.2) is 27.1 Å². The summed E-state index contributed by atoms with van der Waals surface area (Å²) in [6, 6.07) is 5.40. The molecule has 1 heterocycles. The fourth-order valence-corrected chi connectivity index (χ4v) is 4.98. The Morgan fingerprint density at radius 3 is 2.26 bits per heavy atom. The average molecular weight is 564 g/mol. The number of halogens is 1. The first-order valence-electron chi connectivity index (χ1n) is 11.6. The zero-order chi connectivity index (χ0) is 28.1. The molecule has 0 saturated carbocycles. The first-order valence-corrected chi connectivity index (χ1v) is 13.2. The predicted molar refractivity (Wildman–Crippen MR) is 139 cm³/mol. The van der Waals surface area contributed by atoms with Gasteiger partial charge in [0.25, 0.3) is 0 Å². The van der Waals surface area contributed by atoms with Gasteiger partial charge in [-0.05, 0) is 44.0 Å². The Hall–Kier alpha value is -1.93. The zero-order valence-corrected chi connectivity index (χ0v) is 25.3. The van der Waals surface area contributed by atoms with Crippen LogP contribution in [-0.4, -0.2) is 75.4 Å². The maximum Gasteiger partial charge on any atom is 1.00 e. The molecule has 10 nitrogen and oxygen atoms in total. The van der Waals surface area contributed by atoms with Crippen molar-refractivity contribution in [2.24, 2.45) is 0 Å². The summed E-state index contributed by atoms with van der Waals surface area (Å²) in [4.78, 5) is 19.7. The van der Waals surface area contributed by atoms with Crippen LogP contribution in [0.25, 0.3) is 17.3 Å². The van der Waals surface area contributed by atoms with Crippen molar-refractivity contribution in [2.75, 3.05) is 17.1 Å². The number of aliphatic carboxylic acids is 1. The molecule has 2 atom stereocenters. The number of rotatable bonds is 12. The molecule has 1 aromatic heterocycles. The van der Waals surface area contributed by atoms with Gasteiger partial charge in [0.05, 0.1) is 41.4 Å². The molecule has 0 fully saturated rings. The maximum atomic E-state index is 13.6. The average Bonchev–Trinajstić information content (AvgIpc) is 2.74. The first-order chi connectivity index (χ1) is 17.0. The minimum absolute atomic E-state index is 0. The van der Waals surface area contributed by atoms with E-state index in [2.05, 4.69) is 9.97 Å². The second kappa shape index (κ2) is 13.9. The first kappa shape index (κ1) is 34.1. The summed E-state index contributed by atoms with van der Waals surface area (Å²) in [5.74, 6) is -2.64. The quantitative estimate of drug-likeness (QED) is 0.253. The monoisotopic (exact) mass is 563 g/mol. The van der Waals surface area contributed by atoms with Crippen molar-refractivity contribution in [3.8, 4) is 11.3 Å². The van der Waals surface area contributed by atoms with E-state index >= 15 is 0 Å². The van der Waals surface area contributed by atoms with Gasteiger partial charge in [0.1, 0.15) is 5.82 Å². The van der Waals surface area contributed by atoms with Crippen molar-refractivity contribution in [1.82, 2.24) is 9.97 Å². The number of carboxylic acids is 1. The molecule has 0 radical (unpaired) electrons. The molecule has 38 heavy (non-hydrogen) atoms. The van der Waals surface area contributed by atoms with Crippen LogP contribution in [-0.2, 0) is 14.8 Å². The van der Waals surface area contributed by atoms with Crippen molar-refractivity contribution in [3.63, 3.8) is 0 Å². The van der Waals surface area contributed by atoms with Gasteiger partial charge >= 0.3 is 35.5 Å². The minimum Gasteiger partial charge on any atom is -1.00 e. The second-order valence-corrected chi connectivity index (χ2v) is 11.8. The zero-order valence-electron chi connectivity index (χ0n) is 23.5. The van der Waals surface area contributed by atoms with Gasteiger partial charge in [-0.3, -0.25) is 4.79 Å². The SMILES string of the molecule is CC(C)c1nc(N(C)S(=O)(=O)CC(C)(C)O)nc(-c2ccc(F)cc2)c1/C=C/[C@@H](O)C[C@@H](O)CC(=O)O.[H-].[Na+]. The molecule has 0 aliphatic heterocycles. The molecule has 0 saturated heterocycles. The molecule has 0 aliphatic rings. The van der Waals surface area contributed by atoms with E-state index in [4.69, 9.17) is 5.11 Å². The number of anilines is 1. The maximum absolute atomic E-state index is 13.6. The predicted octanol–water partition coefficient (Wildman–Crippen LogP) is -0.341. The Labute approximate surface area is 246 Å². The van der Waals surface area contributed by atoms with Crippen LogP contribution in [0.1, 0.15) is 59.1 Å². The molecule has 0 unspecified atom stereocenters. The fraction of sp³-hybridized carbons (Fsp3) is 0.480. The molecule has 0 bridgehead atoms. The molecule has 4 N–H and O–H groups in total. The van der Waals surface area contributed by atoms with Gasteiger partial charge in [-0.15, -0.1) is 0 Å². The number of hydrogen-bond donors (Lipinski definition) is 4. The smallest absolute Gasteiger partial charge is 1.00 e. The van der Waals surface area contributed by atoms with Crippen LogP contribution in [0.3, 0.4) is 0 Å². The van der Waals surface area contributed by atoms with E-state index < -0.39 is 51.8 Å². The molecule has 1 aromatic carbocycles. The number of nitrogens with zero attached hydrogens (tertiary/aromatic N) is 3. The Bertz CT molecular complexity index is 1240. The molecule has 2 aromatic rings. The van der Waals surface area contributed by atoms with Crippen LogP contribution >= 0.6 is 0 Å². The van der Waals surface area contributed by atoms with Crippen molar-refractivity contribution in [3.05, 3.63) is 47.4 Å². The standard InChI is InChI=1S/C25H34FN3O7S.Na.H/c1-15(2)22-20(11-10-18(30)12-19(31)13-21(32)33)23(16-6-8-17(26)9-7-16)28-24(27-22)29(5)37(35,36)14-25(3,4)34;;/h6-11,15,18-19,30-31,34H,12-14H2,1-5H3,(H,32,33);;/q;+1;-1/b11-10+;;/t18-,19-;;/m1../s1. The van der Waals surface area contributed by atoms with E-state index in [1.165, 1.54) is 57.3 Å². The van der Waals surface area contributed by atoms with Crippen molar-refractivity contribution in [2.45, 2.75) is 64.3 Å². The van der Waals surface area contributed by atoms with Crippen LogP contribution in [0, 0.1) is 5.82 Å². The Morgan fingerprint density at radius 2 is 1.76 bits per heavy atom. The van der Waals surface area contributed by atoms with Gasteiger partial charge in [-0.1, -0.05) is 26.0 Å². The van der Waals surface area contributed by atoms with Crippen LogP contribution in [0.15, 0.2) is 30.3 Å². The molecular formula is C25H35FN3NaO7S. The van der Waals surface area contributed by atoms with Crippen LogP contribution in [0.2, 0.25) is 0 Å². The van der Waals surface area contributed by atoms with Gasteiger partial charge < -0.3 is 21.9 Å². The Morgan fingerprint density at radius 1 is 1.18 bits per heavy atom. The summed E-state index contributed by atoms with van der Waals surface area (Å²) in [6.07, 6.45) is -0.316. The Kier molecular flexibility index (Phi) is 12.5. The van der Waals surface area contributed by atoms with Crippen LogP contribution in [0.4, 0.5) is 10.3 Å². The van der Waals surface area contributed by atoms with E-state index in [1.807, 2.05) is 13.8 Å². The summed E-state index contributed by atoms with van der Waals surface area (Å²) in [5, 5.41) is 39.0. The Balaban J connectivity index is 0.00000722. The van der Waals surface area contributed by atoms with Crippen molar-refractivity contribution in [1.29, 1.82) is 0 Å². The largest absolute Gasteiger partial charge is 1.00 e. The van der Waals surface area contributed by atoms with E-state index in [9.17, 15) is 32.9 Å². The third kappa shape index (κ3) is 9.99. The molecule has 0 aliphatic carbocycles. The number of aromatic nitrogens is 2. The van der Waals surface area contributed by atoms with Crippen molar-refractivity contribution < 1.29 is 69.0 Å². The van der Waals surface area contributed by atoms with E-state index in [1.54, 1.807) is 0 Å². The topological polar surface area (TPSA) is 161 Å². The van der Waals surface area contributed by atoms with Crippen LogP contribution < -0.4 is 33.9 Å². The van der Waals surface area contributed by atoms with E-state index in [-0.39, 0.29) is 55.0 Å². The fourth-order valence-electron chi connectivity index (χ4n) is 3.56. The number of hydrogen-bond acceptors (Lipinski definition) is 8. The van der Waals surface area contributed by atoms with Crippen LogP contribution in [0.5, 0.6) is 0 Å². The number of aliphatic hydroxyl groups is 3. The number of sulfonamides is 1. The molecule has 13 heteroatoms. The van der Waals surface area contributed by atoms with Gasteiger partial charge in [0.15, 0.2) is 0 Å². The van der Waals surface area contributed by atoms with E-state index in [0.717, 1.165) is 4.31 Å². The van der Waals surface area contributed by atoms with Crippen molar-refractivity contribution >= 4 is 28.0 Å². The molecule has 0 amide bonds. The number of carboxylic acid groups (broad SMARTS) is 1.